The van der Waals surface area contributed by atoms with E-state index in [9.17, 15) is 4.79 Å². The zero-order valence-electron chi connectivity index (χ0n) is 16.4. The molecule has 0 aliphatic carbocycles. The highest BCUT2D eigenvalue weighted by atomic mass is 16.7. The highest BCUT2D eigenvalue weighted by Gasteiger charge is 2.30. The summed E-state index contributed by atoms with van der Waals surface area (Å²) in [5.41, 5.74) is 2.59. The van der Waals surface area contributed by atoms with E-state index in [1.807, 2.05) is 19.9 Å². The van der Waals surface area contributed by atoms with Crippen LogP contribution in [-0.4, -0.2) is 19.0 Å². The predicted octanol–water partition coefficient (Wildman–Crippen LogP) is 4.51. The van der Waals surface area contributed by atoms with Crippen molar-refractivity contribution in [2.24, 2.45) is 0 Å². The maximum absolute atomic E-state index is 13.1. The predicted molar refractivity (Wildman–Crippen MR) is 98.8 cm³/mol. The summed E-state index contributed by atoms with van der Waals surface area (Å²) in [4.78, 5) is 13.1. The van der Waals surface area contributed by atoms with Crippen molar-refractivity contribution in [2.45, 2.75) is 77.9 Å². The van der Waals surface area contributed by atoms with Crippen LogP contribution in [0.25, 0.3) is 0 Å². The average molecular weight is 332 g/mol. The molecule has 0 unspecified atom stereocenters. The van der Waals surface area contributed by atoms with Crippen LogP contribution in [0.4, 0.5) is 0 Å². The molecule has 0 atom stereocenters. The van der Waals surface area contributed by atoms with E-state index in [4.69, 9.17) is 9.47 Å². The third-order valence-corrected chi connectivity index (χ3v) is 4.59. The van der Waals surface area contributed by atoms with Crippen molar-refractivity contribution in [3.05, 3.63) is 45.1 Å². The Balaban J connectivity index is 2.56. The fourth-order valence-electron chi connectivity index (χ4n) is 2.97. The highest BCUT2D eigenvalue weighted by molar-refractivity contribution is 5.36. The summed E-state index contributed by atoms with van der Waals surface area (Å²) in [7, 11) is 0. The zero-order valence-corrected chi connectivity index (χ0v) is 16.4. The van der Waals surface area contributed by atoms with Crippen molar-refractivity contribution in [2.75, 3.05) is 13.2 Å². The van der Waals surface area contributed by atoms with Gasteiger partial charge < -0.3 is 9.47 Å². The van der Waals surface area contributed by atoms with E-state index in [0.29, 0.717) is 13.2 Å². The summed E-state index contributed by atoms with van der Waals surface area (Å²) in [6, 6.07) is 6.13. The summed E-state index contributed by atoms with van der Waals surface area (Å²) in [5, 5.41) is 0. The van der Waals surface area contributed by atoms with E-state index < -0.39 is 5.79 Å². The Labute approximate surface area is 146 Å². The Kier molecular flexibility index (Phi) is 5.00. The second-order valence-corrected chi connectivity index (χ2v) is 9.35. The molecule has 1 heterocycles. The van der Waals surface area contributed by atoms with Crippen molar-refractivity contribution in [3.63, 3.8) is 0 Å². The minimum Gasteiger partial charge on any atom is -0.350 e. The molecule has 1 aromatic carbocycles. The summed E-state index contributed by atoms with van der Waals surface area (Å²) >= 11 is 0. The lowest BCUT2D eigenvalue weighted by molar-refractivity contribution is -0.251. The molecule has 1 saturated heterocycles. The molecule has 0 bridgehead atoms. The molecule has 1 fully saturated rings. The maximum Gasteiger partial charge on any atom is 0.186 e. The van der Waals surface area contributed by atoms with Gasteiger partial charge in [0.2, 0.25) is 0 Å². The first-order valence-electron chi connectivity index (χ1n) is 8.78. The van der Waals surface area contributed by atoms with Crippen LogP contribution >= 0.6 is 0 Å². The maximum atomic E-state index is 13.1. The molecule has 134 valence electrons. The van der Waals surface area contributed by atoms with Gasteiger partial charge in [0.1, 0.15) is 0 Å². The Morgan fingerprint density at radius 1 is 0.917 bits per heavy atom. The number of hydrogen-bond acceptors (Lipinski definition) is 3. The Hall–Kier alpha value is -1.19. The Morgan fingerprint density at radius 3 is 1.88 bits per heavy atom. The van der Waals surface area contributed by atoms with Gasteiger partial charge >= 0.3 is 0 Å². The van der Waals surface area contributed by atoms with Gasteiger partial charge in [0, 0.05) is 17.0 Å². The molecule has 0 radical (unpaired) electrons. The van der Waals surface area contributed by atoms with Crippen LogP contribution < -0.4 is 5.43 Å². The number of rotatable bonds is 1. The molecule has 0 amide bonds. The summed E-state index contributed by atoms with van der Waals surface area (Å²) in [5.74, 6) is -0.376. The van der Waals surface area contributed by atoms with Crippen molar-refractivity contribution in [3.8, 4) is 0 Å². The van der Waals surface area contributed by atoms with Crippen LogP contribution in [0.5, 0.6) is 0 Å². The minimum atomic E-state index is -0.527. The van der Waals surface area contributed by atoms with Gasteiger partial charge in [-0.3, -0.25) is 4.79 Å². The van der Waals surface area contributed by atoms with Crippen molar-refractivity contribution in [1.29, 1.82) is 0 Å². The van der Waals surface area contributed by atoms with Gasteiger partial charge in [-0.15, -0.1) is 0 Å². The van der Waals surface area contributed by atoms with Gasteiger partial charge in [0.25, 0.3) is 0 Å². The van der Waals surface area contributed by atoms with Crippen LogP contribution in [0, 0.1) is 0 Å². The van der Waals surface area contributed by atoms with Gasteiger partial charge in [-0.25, -0.2) is 0 Å². The molecule has 1 aliphatic heterocycles. The molecule has 0 aromatic heterocycles. The van der Waals surface area contributed by atoms with Crippen LogP contribution in [0.3, 0.4) is 0 Å². The van der Waals surface area contributed by atoms with Crippen molar-refractivity contribution < 1.29 is 9.47 Å². The third-order valence-electron chi connectivity index (χ3n) is 4.59. The number of hydrogen-bond donors (Lipinski definition) is 0. The molecule has 0 N–H and O–H groups in total. The molecule has 1 aromatic rings. The van der Waals surface area contributed by atoms with E-state index in [2.05, 4.69) is 53.7 Å². The van der Waals surface area contributed by atoms with Crippen LogP contribution in [0.15, 0.2) is 23.0 Å². The van der Waals surface area contributed by atoms with E-state index in [0.717, 1.165) is 16.7 Å². The quantitative estimate of drug-likeness (QED) is 0.759. The lowest BCUT2D eigenvalue weighted by atomic mass is 9.82. The molecule has 1 aliphatic rings. The van der Waals surface area contributed by atoms with Gasteiger partial charge in [-0.05, 0) is 30.2 Å². The van der Waals surface area contributed by atoms with Gasteiger partial charge in [0.05, 0.1) is 13.2 Å². The molecule has 3 heteroatoms. The van der Waals surface area contributed by atoms with Gasteiger partial charge in [-0.1, -0.05) is 59.7 Å². The van der Waals surface area contributed by atoms with E-state index in [-0.39, 0.29) is 22.2 Å². The second kappa shape index (κ2) is 6.27. The zero-order chi connectivity index (χ0) is 18.3. The normalized spacial score (nSPS) is 19.3. The van der Waals surface area contributed by atoms with Crippen LogP contribution in [0.2, 0.25) is 0 Å². The van der Waals surface area contributed by atoms with E-state index in [1.54, 1.807) is 0 Å². The van der Waals surface area contributed by atoms with Crippen molar-refractivity contribution >= 4 is 0 Å². The molecular weight excluding hydrogens is 300 g/mol. The molecule has 0 saturated carbocycles. The Morgan fingerprint density at radius 2 is 1.42 bits per heavy atom. The standard InChI is InChI=1S/C21H32O3/c1-19(2,3)16-10-9-14(11-17(18(16)22)20(4,5)6)15-12-23-21(7,8)24-13-15/h9-11,15H,12-13H2,1-8H3. The average Bonchev–Trinajstić information content (AvgIpc) is 2.57. The highest BCUT2D eigenvalue weighted by Crippen LogP contribution is 2.30. The Bertz CT molecular complexity index is 650. The SMILES string of the molecule is CC1(C)OCC(c2ccc(C(C)(C)C)c(=O)c(C(C)(C)C)c2)CO1. The first-order chi connectivity index (χ1) is 10.8. The lowest BCUT2D eigenvalue weighted by Crippen LogP contribution is -2.38. The number of ether oxygens (including phenoxy) is 2. The monoisotopic (exact) mass is 332 g/mol. The van der Waals surface area contributed by atoms with E-state index >= 15 is 0 Å². The molecule has 3 nitrogen and oxygen atoms in total. The molecule has 0 spiro atoms. The van der Waals surface area contributed by atoms with Crippen LogP contribution in [-0.2, 0) is 20.3 Å². The third kappa shape index (κ3) is 4.25. The van der Waals surface area contributed by atoms with Crippen LogP contribution in [0.1, 0.15) is 78.0 Å². The summed E-state index contributed by atoms with van der Waals surface area (Å²) < 4.78 is 11.6. The minimum absolute atomic E-state index is 0.152. The van der Waals surface area contributed by atoms with Gasteiger partial charge in [-0.2, -0.15) is 0 Å². The van der Waals surface area contributed by atoms with E-state index in [1.165, 1.54) is 0 Å². The van der Waals surface area contributed by atoms with Gasteiger partial charge in [0.15, 0.2) is 11.2 Å². The second-order valence-electron chi connectivity index (χ2n) is 9.35. The summed E-state index contributed by atoms with van der Waals surface area (Å²) in [6.07, 6.45) is 0. The fraction of sp³-hybridized carbons (Fsp3) is 0.667. The smallest absolute Gasteiger partial charge is 0.186 e. The van der Waals surface area contributed by atoms with Crippen molar-refractivity contribution in [1.82, 2.24) is 0 Å². The molecule has 24 heavy (non-hydrogen) atoms. The molecular formula is C21H32O3. The molecule has 2 rings (SSSR count). The topological polar surface area (TPSA) is 35.5 Å². The fourth-order valence-corrected chi connectivity index (χ4v) is 2.97. The lowest BCUT2D eigenvalue weighted by Gasteiger charge is -2.35. The summed E-state index contributed by atoms with van der Waals surface area (Å²) in [6.45, 7) is 17.6. The first-order valence-corrected chi connectivity index (χ1v) is 8.78. The first kappa shape index (κ1) is 19.1. The largest absolute Gasteiger partial charge is 0.350 e.